The van der Waals surface area contributed by atoms with Gasteiger partial charge in [0, 0.05) is 18.3 Å². The fourth-order valence-electron chi connectivity index (χ4n) is 2.59. The molecule has 0 unspecified atom stereocenters. The molecule has 8 heteroatoms. The summed E-state index contributed by atoms with van der Waals surface area (Å²) in [6.07, 6.45) is 2.12. The van der Waals surface area contributed by atoms with E-state index < -0.39 is 0 Å². The van der Waals surface area contributed by atoms with Gasteiger partial charge in [0.05, 0.1) is 12.4 Å². The maximum Gasteiger partial charge on any atom is 0.234 e. The van der Waals surface area contributed by atoms with E-state index in [1.54, 1.807) is 0 Å². The quantitative estimate of drug-likeness (QED) is 0.411. The van der Waals surface area contributed by atoms with Crippen molar-refractivity contribution >= 4 is 23.4 Å². The third-order valence-corrected chi connectivity index (χ3v) is 5.19. The van der Waals surface area contributed by atoms with Crippen molar-refractivity contribution in [3.63, 3.8) is 0 Å². The molecular weight excluding hydrogens is 391 g/mol. The van der Waals surface area contributed by atoms with Crippen LogP contribution in [0.4, 0.5) is 10.1 Å². The van der Waals surface area contributed by atoms with Crippen molar-refractivity contribution in [2.45, 2.75) is 24.9 Å². The van der Waals surface area contributed by atoms with Crippen molar-refractivity contribution in [2.24, 2.45) is 7.05 Å². The van der Waals surface area contributed by atoms with Crippen molar-refractivity contribution in [1.29, 1.82) is 0 Å². The van der Waals surface area contributed by atoms with Crippen LogP contribution >= 0.6 is 11.8 Å². The lowest BCUT2D eigenvalue weighted by Crippen LogP contribution is -2.14. The fourth-order valence-corrected chi connectivity index (χ4v) is 3.30. The van der Waals surface area contributed by atoms with Gasteiger partial charge in [-0.25, -0.2) is 4.39 Å². The first-order valence-electron chi connectivity index (χ1n) is 9.37. The number of nitrogens with one attached hydrogen (secondary N) is 1. The van der Waals surface area contributed by atoms with Crippen LogP contribution in [0, 0.1) is 5.82 Å². The third-order valence-electron chi connectivity index (χ3n) is 4.17. The summed E-state index contributed by atoms with van der Waals surface area (Å²) in [6.45, 7) is 2.84. The molecule has 0 spiro atoms. The van der Waals surface area contributed by atoms with Gasteiger partial charge in [-0.05, 0) is 55.0 Å². The van der Waals surface area contributed by atoms with Crippen LogP contribution < -0.4 is 10.1 Å². The molecule has 0 aliphatic heterocycles. The third kappa shape index (κ3) is 5.80. The fraction of sp³-hybridized carbons (Fsp3) is 0.286. The Morgan fingerprint density at radius 2 is 1.86 bits per heavy atom. The summed E-state index contributed by atoms with van der Waals surface area (Å²) in [5.41, 5.74) is 1.47. The number of carbonyl (C=O) groups excluding carboxylic acids is 1. The Balaban J connectivity index is 1.57. The minimum absolute atomic E-state index is 0.174. The predicted octanol–water partition coefficient (Wildman–Crippen LogP) is 4.53. The van der Waals surface area contributed by atoms with E-state index in [0.717, 1.165) is 24.2 Å². The Morgan fingerprint density at radius 3 is 2.55 bits per heavy atom. The van der Waals surface area contributed by atoms with Crippen molar-refractivity contribution in [3.8, 4) is 17.1 Å². The molecule has 1 N–H and O–H groups in total. The Labute approximate surface area is 173 Å². The number of carbonyl (C=O) groups is 1. The number of ether oxygens (including phenoxy) is 1. The molecular formula is C21H23FN4O2S. The molecule has 0 saturated heterocycles. The number of rotatable bonds is 9. The molecule has 0 aliphatic carbocycles. The smallest absolute Gasteiger partial charge is 0.234 e. The summed E-state index contributed by atoms with van der Waals surface area (Å²) < 4.78 is 20.5. The maximum absolute atomic E-state index is 12.9. The number of benzene rings is 2. The molecule has 3 rings (SSSR count). The van der Waals surface area contributed by atoms with Crippen LogP contribution in [0.2, 0.25) is 0 Å². The zero-order valence-electron chi connectivity index (χ0n) is 16.4. The molecule has 1 heterocycles. The highest BCUT2D eigenvalue weighted by atomic mass is 32.2. The predicted molar refractivity (Wildman–Crippen MR) is 113 cm³/mol. The SMILES string of the molecule is CCCCOc1ccc(-c2nnc(SCC(=O)Nc3ccc(F)cc3)n2C)cc1. The summed E-state index contributed by atoms with van der Waals surface area (Å²) in [6, 6.07) is 13.4. The van der Waals surface area contributed by atoms with Gasteiger partial charge in [-0.1, -0.05) is 25.1 Å². The van der Waals surface area contributed by atoms with E-state index in [9.17, 15) is 9.18 Å². The number of anilines is 1. The van der Waals surface area contributed by atoms with E-state index in [1.165, 1.54) is 36.0 Å². The molecule has 152 valence electrons. The summed E-state index contributed by atoms with van der Waals surface area (Å²) in [5, 5.41) is 11.8. The summed E-state index contributed by atoms with van der Waals surface area (Å²) in [7, 11) is 1.86. The highest BCUT2D eigenvalue weighted by Gasteiger charge is 2.13. The Hall–Kier alpha value is -2.87. The summed E-state index contributed by atoms with van der Waals surface area (Å²) in [4.78, 5) is 12.1. The lowest BCUT2D eigenvalue weighted by atomic mass is 10.2. The van der Waals surface area contributed by atoms with E-state index in [2.05, 4.69) is 22.4 Å². The minimum atomic E-state index is -0.343. The van der Waals surface area contributed by atoms with Crippen LogP contribution in [0.25, 0.3) is 11.4 Å². The molecule has 29 heavy (non-hydrogen) atoms. The topological polar surface area (TPSA) is 69.0 Å². The van der Waals surface area contributed by atoms with Crippen molar-refractivity contribution in [1.82, 2.24) is 14.8 Å². The number of amides is 1. The number of hydrogen-bond acceptors (Lipinski definition) is 5. The largest absolute Gasteiger partial charge is 0.494 e. The first-order valence-corrected chi connectivity index (χ1v) is 10.4. The molecule has 0 bridgehead atoms. The Bertz CT molecular complexity index is 942. The highest BCUT2D eigenvalue weighted by molar-refractivity contribution is 7.99. The van der Waals surface area contributed by atoms with Gasteiger partial charge in [0.25, 0.3) is 0 Å². The number of unbranched alkanes of at least 4 members (excludes halogenated alkanes) is 1. The molecule has 1 amide bonds. The number of aromatic nitrogens is 3. The van der Waals surface area contributed by atoms with E-state index >= 15 is 0 Å². The number of hydrogen-bond donors (Lipinski definition) is 1. The molecule has 6 nitrogen and oxygen atoms in total. The molecule has 0 atom stereocenters. The van der Waals surface area contributed by atoms with Gasteiger partial charge < -0.3 is 14.6 Å². The zero-order chi connectivity index (χ0) is 20.6. The Kier molecular flexibility index (Phi) is 7.24. The molecule has 0 radical (unpaired) electrons. The molecule has 0 aliphatic rings. The Morgan fingerprint density at radius 1 is 1.14 bits per heavy atom. The van der Waals surface area contributed by atoms with Gasteiger partial charge in [-0.3, -0.25) is 4.79 Å². The van der Waals surface area contributed by atoms with Gasteiger partial charge >= 0.3 is 0 Å². The van der Waals surface area contributed by atoms with Crippen LogP contribution in [0.5, 0.6) is 5.75 Å². The average molecular weight is 415 g/mol. The minimum Gasteiger partial charge on any atom is -0.494 e. The van der Waals surface area contributed by atoms with E-state index in [0.29, 0.717) is 23.3 Å². The lowest BCUT2D eigenvalue weighted by molar-refractivity contribution is -0.113. The van der Waals surface area contributed by atoms with Crippen LogP contribution in [0.1, 0.15) is 19.8 Å². The van der Waals surface area contributed by atoms with Crippen LogP contribution in [-0.2, 0) is 11.8 Å². The van der Waals surface area contributed by atoms with Gasteiger partial charge in [0.2, 0.25) is 5.91 Å². The molecule has 2 aromatic carbocycles. The van der Waals surface area contributed by atoms with Gasteiger partial charge in [-0.15, -0.1) is 10.2 Å². The van der Waals surface area contributed by atoms with Crippen LogP contribution in [0.15, 0.2) is 53.7 Å². The first-order chi connectivity index (χ1) is 14.1. The summed E-state index contributed by atoms with van der Waals surface area (Å²) in [5.74, 6) is 1.18. The normalized spacial score (nSPS) is 10.7. The maximum atomic E-state index is 12.9. The van der Waals surface area contributed by atoms with Gasteiger partial charge in [0.1, 0.15) is 11.6 Å². The number of nitrogens with zero attached hydrogens (tertiary/aromatic N) is 3. The monoisotopic (exact) mass is 414 g/mol. The zero-order valence-corrected chi connectivity index (χ0v) is 17.2. The standard InChI is InChI=1S/C21H23FN4O2S/c1-3-4-13-28-18-11-5-15(6-12-18)20-24-25-21(26(20)2)29-14-19(27)23-17-9-7-16(22)8-10-17/h5-12H,3-4,13-14H2,1-2H3,(H,23,27). The van der Waals surface area contributed by atoms with E-state index in [4.69, 9.17) is 4.74 Å². The molecule has 3 aromatic rings. The lowest BCUT2D eigenvalue weighted by Gasteiger charge is -2.07. The first kappa shape index (κ1) is 20.9. The number of thioether (sulfide) groups is 1. The van der Waals surface area contributed by atoms with E-state index in [-0.39, 0.29) is 17.5 Å². The van der Waals surface area contributed by atoms with Crippen molar-refractivity contribution in [2.75, 3.05) is 17.7 Å². The van der Waals surface area contributed by atoms with Crippen molar-refractivity contribution < 1.29 is 13.9 Å². The van der Waals surface area contributed by atoms with Crippen LogP contribution in [0.3, 0.4) is 0 Å². The highest BCUT2D eigenvalue weighted by Crippen LogP contribution is 2.24. The number of halogens is 1. The average Bonchev–Trinajstić information content (AvgIpc) is 3.09. The molecule has 1 aromatic heterocycles. The second kappa shape index (κ2) is 10.1. The second-order valence-electron chi connectivity index (χ2n) is 6.44. The van der Waals surface area contributed by atoms with E-state index in [1.807, 2.05) is 35.9 Å². The summed E-state index contributed by atoms with van der Waals surface area (Å²) >= 11 is 1.29. The molecule has 0 fully saturated rings. The van der Waals surface area contributed by atoms with Gasteiger partial charge in [0.15, 0.2) is 11.0 Å². The van der Waals surface area contributed by atoms with Crippen molar-refractivity contribution in [3.05, 3.63) is 54.3 Å². The van der Waals surface area contributed by atoms with Crippen LogP contribution in [-0.4, -0.2) is 33.0 Å². The second-order valence-corrected chi connectivity index (χ2v) is 7.38. The molecule has 0 saturated carbocycles. The van der Waals surface area contributed by atoms with Gasteiger partial charge in [-0.2, -0.15) is 0 Å².